The summed E-state index contributed by atoms with van der Waals surface area (Å²) in [5.41, 5.74) is 0.477. The van der Waals surface area contributed by atoms with Gasteiger partial charge < -0.3 is 9.47 Å². The van der Waals surface area contributed by atoms with Crippen LogP contribution in [0.15, 0.2) is 24.3 Å². The normalized spacial score (nSPS) is 10.2. The van der Waals surface area contributed by atoms with Crippen LogP contribution in [-0.4, -0.2) is 25.2 Å². The number of carbonyl (C=O) groups excluding carboxylic acids is 2. The maximum atomic E-state index is 11.5. The Balaban J connectivity index is 0.000000690. The fourth-order valence-electron chi connectivity index (χ4n) is 1.26. The average Bonchev–Trinajstić information content (AvgIpc) is 2.37. The summed E-state index contributed by atoms with van der Waals surface area (Å²) in [5.74, 6) is -1.02. The Hall–Kier alpha value is 0.0343. The van der Waals surface area contributed by atoms with Crippen molar-refractivity contribution in [3.63, 3.8) is 0 Å². The molecule has 118 valence electrons. The van der Waals surface area contributed by atoms with E-state index in [0.29, 0.717) is 0 Å². The molecule has 0 atom stereocenters. The van der Waals surface area contributed by atoms with Gasteiger partial charge >= 0.3 is 61.5 Å². The molecule has 4 nitrogen and oxygen atoms in total. The van der Waals surface area contributed by atoms with Gasteiger partial charge in [-0.15, -0.1) is 0 Å². The molecule has 1 rings (SSSR count). The van der Waals surface area contributed by atoms with Crippen LogP contribution in [0.4, 0.5) is 0 Å². The first-order valence-electron chi connectivity index (χ1n) is 5.89. The molecule has 0 aliphatic rings. The number of esters is 2. The van der Waals surface area contributed by atoms with Gasteiger partial charge in [-0.25, -0.2) is 9.59 Å². The number of carbonyl (C=O) groups is 2. The minimum atomic E-state index is -3.11. The Kier molecular flexibility index (Phi) is 10.7. The van der Waals surface area contributed by atoms with Crippen molar-refractivity contribution in [2.75, 3.05) is 13.2 Å². The molecule has 0 aromatic heterocycles. The molecular formula is C12H14Cl4O4Ti. The third-order valence-electron chi connectivity index (χ3n) is 1.92. The molecule has 0 saturated carbocycles. The second-order valence-electron chi connectivity index (χ2n) is 3.42. The van der Waals surface area contributed by atoms with Crippen LogP contribution in [-0.2, 0) is 21.8 Å². The fourth-order valence-corrected chi connectivity index (χ4v) is 1.26. The van der Waals surface area contributed by atoms with E-state index in [1.807, 2.05) is 0 Å². The average molecular weight is 412 g/mol. The molecule has 21 heavy (non-hydrogen) atoms. The van der Waals surface area contributed by atoms with Gasteiger partial charge in [-0.3, -0.25) is 0 Å². The van der Waals surface area contributed by atoms with Gasteiger partial charge in [0.15, 0.2) is 0 Å². The van der Waals surface area contributed by atoms with Crippen molar-refractivity contribution < 1.29 is 31.4 Å². The number of halogens is 4. The summed E-state index contributed by atoms with van der Waals surface area (Å²) in [5, 5.41) is 0. The molecule has 0 bridgehead atoms. The van der Waals surface area contributed by atoms with Crippen LogP contribution in [0.2, 0.25) is 0 Å². The Bertz CT molecular complexity index is 434. The van der Waals surface area contributed by atoms with Crippen LogP contribution in [0.25, 0.3) is 0 Å². The Labute approximate surface area is 142 Å². The number of hydrogen-bond acceptors (Lipinski definition) is 4. The third kappa shape index (κ3) is 10.4. The summed E-state index contributed by atoms with van der Waals surface area (Å²) >= 11 is -3.11. The molecule has 0 fully saturated rings. The summed E-state index contributed by atoms with van der Waals surface area (Å²) in [6.07, 6.45) is 0. The number of hydrogen-bond donors (Lipinski definition) is 0. The van der Waals surface area contributed by atoms with E-state index in [-0.39, 0.29) is 24.3 Å². The van der Waals surface area contributed by atoms with Crippen LogP contribution >= 0.6 is 37.2 Å². The number of ether oxygens (including phenoxy) is 2. The van der Waals surface area contributed by atoms with Crippen molar-refractivity contribution in [2.24, 2.45) is 0 Å². The quantitative estimate of drug-likeness (QED) is 0.527. The Morgan fingerprint density at radius 1 is 0.905 bits per heavy atom. The molecule has 0 spiro atoms. The monoisotopic (exact) mass is 410 g/mol. The first kappa shape index (κ1) is 21.0. The fraction of sp³-hybridized carbons (Fsp3) is 0.333. The second-order valence-corrected chi connectivity index (χ2v) is 18.9. The van der Waals surface area contributed by atoms with E-state index in [2.05, 4.69) is 0 Å². The summed E-state index contributed by atoms with van der Waals surface area (Å²) in [4.78, 5) is 23.1. The van der Waals surface area contributed by atoms with E-state index in [1.54, 1.807) is 38.1 Å². The van der Waals surface area contributed by atoms with Gasteiger partial charge in [0.05, 0.1) is 24.3 Å². The van der Waals surface area contributed by atoms with Crippen LogP contribution in [0.5, 0.6) is 0 Å². The molecule has 0 saturated heterocycles. The third-order valence-corrected chi connectivity index (χ3v) is 1.92. The molecule has 0 aliphatic carbocycles. The molecule has 0 radical (unpaired) electrons. The van der Waals surface area contributed by atoms with Crippen molar-refractivity contribution >= 4 is 49.2 Å². The first-order chi connectivity index (χ1) is 9.70. The van der Waals surface area contributed by atoms with E-state index in [9.17, 15) is 9.59 Å². The predicted molar refractivity (Wildman–Crippen MR) is 81.8 cm³/mol. The van der Waals surface area contributed by atoms with E-state index in [4.69, 9.17) is 46.7 Å². The van der Waals surface area contributed by atoms with Crippen LogP contribution in [0.1, 0.15) is 34.6 Å². The van der Waals surface area contributed by atoms with Gasteiger partial charge in [-0.05, 0) is 26.0 Å². The van der Waals surface area contributed by atoms with Gasteiger partial charge in [-0.2, -0.15) is 0 Å². The molecule has 0 amide bonds. The molecule has 0 heterocycles. The molecule has 0 aliphatic heterocycles. The molecular weight excluding hydrogens is 398 g/mol. The van der Waals surface area contributed by atoms with Crippen molar-refractivity contribution in [3.8, 4) is 0 Å². The summed E-state index contributed by atoms with van der Waals surface area (Å²) in [7, 11) is 20.1. The zero-order valence-corrected chi connectivity index (χ0v) is 16.0. The molecule has 9 heteroatoms. The van der Waals surface area contributed by atoms with Gasteiger partial charge in [0.25, 0.3) is 0 Å². The van der Waals surface area contributed by atoms with Gasteiger partial charge in [0, 0.05) is 0 Å². The van der Waals surface area contributed by atoms with Crippen molar-refractivity contribution in [3.05, 3.63) is 35.4 Å². The van der Waals surface area contributed by atoms with E-state index in [0.717, 1.165) is 0 Å². The molecule has 0 N–H and O–H groups in total. The summed E-state index contributed by atoms with van der Waals surface area (Å²) < 4.78 is 9.70. The second kappa shape index (κ2) is 10.7. The minimum absolute atomic E-state index is 0.239. The Morgan fingerprint density at radius 3 is 1.43 bits per heavy atom. The van der Waals surface area contributed by atoms with Crippen LogP contribution in [0, 0.1) is 0 Å². The SMILES string of the molecule is CCOC(=O)c1ccccc1C(=O)OCC.[Cl][Ti]([Cl])([Cl])[Cl]. The number of benzene rings is 1. The van der Waals surface area contributed by atoms with Crippen LogP contribution in [0.3, 0.4) is 0 Å². The van der Waals surface area contributed by atoms with Crippen LogP contribution < -0.4 is 0 Å². The summed E-state index contributed by atoms with van der Waals surface area (Å²) in [6, 6.07) is 6.44. The number of rotatable bonds is 4. The molecule has 1 aromatic carbocycles. The predicted octanol–water partition coefficient (Wildman–Crippen LogP) is 4.80. The van der Waals surface area contributed by atoms with E-state index >= 15 is 0 Å². The maximum absolute atomic E-state index is 11.5. The molecule has 0 unspecified atom stereocenters. The van der Waals surface area contributed by atoms with Gasteiger partial charge in [0.1, 0.15) is 0 Å². The van der Waals surface area contributed by atoms with Gasteiger partial charge in [0.2, 0.25) is 0 Å². The zero-order chi connectivity index (χ0) is 16.5. The first-order valence-corrected chi connectivity index (χ1v) is 14.5. The van der Waals surface area contributed by atoms with Gasteiger partial charge in [-0.1, -0.05) is 12.1 Å². The molecule has 1 aromatic rings. The van der Waals surface area contributed by atoms with Crippen molar-refractivity contribution in [1.82, 2.24) is 0 Å². The Morgan fingerprint density at radius 2 is 1.19 bits per heavy atom. The summed E-state index contributed by atoms with van der Waals surface area (Å²) in [6.45, 7) is 3.97. The van der Waals surface area contributed by atoms with E-state index in [1.165, 1.54) is 0 Å². The van der Waals surface area contributed by atoms with Crippen molar-refractivity contribution in [1.29, 1.82) is 0 Å². The zero-order valence-electron chi connectivity index (χ0n) is 11.4. The standard InChI is InChI=1S/C12H14O4.4ClH.Ti/c1-3-15-11(13)9-7-5-6-8-10(9)12(14)16-4-2;;;;;/h5-8H,3-4H2,1-2H3;4*1H;/q;;;;;+4/p-4. The van der Waals surface area contributed by atoms with Crippen molar-refractivity contribution in [2.45, 2.75) is 13.8 Å². The topological polar surface area (TPSA) is 52.6 Å². The van der Waals surface area contributed by atoms with E-state index < -0.39 is 24.3 Å².